The summed E-state index contributed by atoms with van der Waals surface area (Å²) in [5.41, 5.74) is 15.0. The van der Waals surface area contributed by atoms with E-state index in [0.717, 1.165) is 31.6 Å². The van der Waals surface area contributed by atoms with E-state index >= 15 is 0 Å². The van der Waals surface area contributed by atoms with E-state index < -0.39 is 6.23 Å². The summed E-state index contributed by atoms with van der Waals surface area (Å²) in [5.74, 6) is 0.753. The molecule has 6 N–H and O–H groups in total. The van der Waals surface area contributed by atoms with Gasteiger partial charge in [0.1, 0.15) is 6.54 Å². The number of hydrogen-bond donors (Lipinski definition) is 3. The van der Waals surface area contributed by atoms with Crippen LogP contribution in [0.1, 0.15) is 43.7 Å². The lowest BCUT2D eigenvalue weighted by molar-refractivity contribution is -0.388. The average Bonchev–Trinajstić information content (AvgIpc) is 3.22. The minimum Gasteiger partial charge on any atom is -0.422 e. The van der Waals surface area contributed by atoms with Crippen LogP contribution in [0.5, 0.6) is 6.01 Å². The van der Waals surface area contributed by atoms with Crippen LogP contribution in [0.25, 0.3) is 0 Å². The number of nitrogen functional groups attached to an aromatic ring is 1. The minimum absolute atomic E-state index is 0.126. The van der Waals surface area contributed by atoms with E-state index in [9.17, 15) is 4.79 Å². The molecule has 0 aliphatic carbocycles. The van der Waals surface area contributed by atoms with Crippen LogP contribution in [0.4, 0.5) is 17.3 Å². The van der Waals surface area contributed by atoms with Crippen molar-refractivity contribution in [2.24, 2.45) is 5.73 Å². The number of nitrogens with two attached hydrogens (primary N) is 2. The fourth-order valence-electron chi connectivity index (χ4n) is 4.19. The van der Waals surface area contributed by atoms with E-state index in [2.05, 4.69) is 44.5 Å². The molecule has 1 fully saturated rings. The van der Waals surface area contributed by atoms with Crippen LogP contribution in [0.15, 0.2) is 24.3 Å². The van der Waals surface area contributed by atoms with Crippen molar-refractivity contribution in [2.75, 3.05) is 35.6 Å². The molecule has 0 bridgehead atoms. The highest BCUT2D eigenvalue weighted by atomic mass is 16.5. The van der Waals surface area contributed by atoms with Crippen LogP contribution in [0.3, 0.4) is 0 Å². The van der Waals surface area contributed by atoms with Crippen molar-refractivity contribution >= 4 is 23.2 Å². The maximum Gasteiger partial charge on any atom is 0.435 e. The van der Waals surface area contributed by atoms with E-state index in [1.165, 1.54) is 18.4 Å². The number of ether oxygens (including phenoxy) is 1. The van der Waals surface area contributed by atoms with E-state index in [0.29, 0.717) is 24.5 Å². The number of nitrogens with zero attached hydrogens (tertiary/aromatic N) is 3. The molecule has 1 amide bonds. The molecule has 3 heterocycles. The molecule has 0 saturated carbocycles. The number of benzene rings is 1. The summed E-state index contributed by atoms with van der Waals surface area (Å²) in [6, 6.07) is 8.78. The molecule has 166 valence electrons. The predicted molar refractivity (Wildman–Crippen MR) is 119 cm³/mol. The Morgan fingerprint density at radius 3 is 2.74 bits per heavy atom. The van der Waals surface area contributed by atoms with Gasteiger partial charge in [0.15, 0.2) is 11.9 Å². The molecule has 2 aromatic rings. The molecular weight excluding hydrogens is 394 g/mol. The molecule has 2 aliphatic rings. The summed E-state index contributed by atoms with van der Waals surface area (Å²) in [6.07, 6.45) is 3.68. The topological polar surface area (TPSA) is 124 Å². The molecule has 2 aliphatic heterocycles. The number of hydrogen-bond acceptors (Lipinski definition) is 7. The van der Waals surface area contributed by atoms with Crippen LogP contribution < -0.4 is 31.4 Å². The second-order valence-electron chi connectivity index (χ2n) is 8.30. The molecular formula is C22H32N7O2+. The zero-order chi connectivity index (χ0) is 21.8. The number of carbonyl (C=O) groups excluding carboxylic acids is 1. The molecule has 1 atom stereocenters. The summed E-state index contributed by atoms with van der Waals surface area (Å²) in [4.78, 5) is 24.1. The first-order valence-electron chi connectivity index (χ1n) is 11.0. The fourth-order valence-corrected chi connectivity index (χ4v) is 4.19. The highest BCUT2D eigenvalue weighted by Gasteiger charge is 2.33. The Kier molecular flexibility index (Phi) is 6.53. The third-order valence-corrected chi connectivity index (χ3v) is 5.66. The Morgan fingerprint density at radius 1 is 1.26 bits per heavy atom. The van der Waals surface area contributed by atoms with Crippen molar-refractivity contribution in [3.63, 3.8) is 0 Å². The molecule has 0 radical (unpaired) electrons. The van der Waals surface area contributed by atoms with Gasteiger partial charge in [-0.15, -0.1) is 0 Å². The molecule has 9 nitrogen and oxygen atoms in total. The van der Waals surface area contributed by atoms with Gasteiger partial charge in [0.2, 0.25) is 5.82 Å². The van der Waals surface area contributed by atoms with Crippen LogP contribution >= 0.6 is 0 Å². The number of H-pyrrole nitrogens is 1. The van der Waals surface area contributed by atoms with Gasteiger partial charge in [-0.3, -0.25) is 20.3 Å². The molecule has 1 aromatic carbocycles. The monoisotopic (exact) mass is 426 g/mol. The Balaban J connectivity index is 1.55. The van der Waals surface area contributed by atoms with E-state index in [1.54, 1.807) is 0 Å². The highest BCUT2D eigenvalue weighted by Crippen LogP contribution is 2.31. The van der Waals surface area contributed by atoms with Gasteiger partial charge < -0.3 is 15.8 Å². The third kappa shape index (κ3) is 5.23. The van der Waals surface area contributed by atoms with Crippen molar-refractivity contribution in [2.45, 2.75) is 51.9 Å². The second kappa shape index (κ2) is 9.49. The van der Waals surface area contributed by atoms with Gasteiger partial charge in [-0.05, 0) is 48.5 Å². The molecule has 31 heavy (non-hydrogen) atoms. The Hall–Kier alpha value is -2.91. The van der Waals surface area contributed by atoms with Gasteiger partial charge in [0.05, 0.1) is 6.54 Å². The lowest BCUT2D eigenvalue weighted by Gasteiger charge is -2.26. The van der Waals surface area contributed by atoms with Gasteiger partial charge in [-0.25, -0.2) is 4.98 Å². The zero-order valence-corrected chi connectivity index (χ0v) is 18.1. The molecule has 1 unspecified atom stereocenters. The summed E-state index contributed by atoms with van der Waals surface area (Å²) in [5, 5.41) is 2.82. The molecule has 0 spiro atoms. The average molecular weight is 427 g/mol. The predicted octanol–water partition coefficient (Wildman–Crippen LogP) is 1.50. The Bertz CT molecular complexity index is 930. The van der Waals surface area contributed by atoms with Gasteiger partial charge in [-0.2, -0.15) is 0 Å². The van der Waals surface area contributed by atoms with E-state index in [1.807, 2.05) is 11.8 Å². The molecule has 4 rings (SSSR count). The standard InChI is InChI=1S/C22H31N7O2/c1-2-6-17(23)31-22-26-20(24)19-21(27-22)29(14-18(30)25-19)13-16-8-5-7-15(11-16)12-28-9-3-4-10-28/h5,7-8,11,17H,2-4,6,9-10,12-14,23H2,1H3,(H,25,30)(H2,24,26,27)/p+1. The van der Waals surface area contributed by atoms with Gasteiger partial charge in [0.25, 0.3) is 11.7 Å². The van der Waals surface area contributed by atoms with Crippen molar-refractivity contribution in [1.82, 2.24) is 9.88 Å². The Labute approximate surface area is 182 Å². The first-order chi connectivity index (χ1) is 15.0. The summed E-state index contributed by atoms with van der Waals surface area (Å²) in [7, 11) is 0. The van der Waals surface area contributed by atoms with Gasteiger partial charge in [-0.1, -0.05) is 37.6 Å². The number of rotatable bonds is 8. The quantitative estimate of drug-likeness (QED) is 0.546. The smallest absolute Gasteiger partial charge is 0.422 e. The summed E-state index contributed by atoms with van der Waals surface area (Å²) >= 11 is 0. The maximum absolute atomic E-state index is 12.3. The van der Waals surface area contributed by atoms with Gasteiger partial charge >= 0.3 is 6.01 Å². The number of nitrogens with one attached hydrogen (secondary N) is 2. The van der Waals surface area contributed by atoms with Crippen molar-refractivity contribution in [3.05, 3.63) is 35.4 Å². The first-order valence-corrected chi connectivity index (χ1v) is 11.0. The number of aromatic nitrogens is 2. The van der Waals surface area contributed by atoms with Crippen LogP contribution in [0, 0.1) is 0 Å². The van der Waals surface area contributed by atoms with Gasteiger partial charge in [0, 0.05) is 6.54 Å². The number of aromatic amines is 1. The van der Waals surface area contributed by atoms with E-state index in [-0.39, 0.29) is 24.3 Å². The van der Waals surface area contributed by atoms with E-state index in [4.69, 9.17) is 16.2 Å². The SMILES string of the molecule is CCCC(N)Oc1nc(N)c2c([nH+]1)N(Cc1cccc(CN3CCCC3)c1)CC(=O)N2. The molecule has 1 saturated heterocycles. The normalized spacial score (nSPS) is 17.4. The number of amides is 1. The molecule has 9 heteroatoms. The van der Waals surface area contributed by atoms with Crippen molar-refractivity contribution in [1.29, 1.82) is 0 Å². The number of likely N-dealkylation sites (tertiary alicyclic amines) is 1. The fraction of sp³-hybridized carbons (Fsp3) is 0.500. The zero-order valence-electron chi connectivity index (χ0n) is 18.1. The number of carbonyl (C=O) groups is 1. The maximum atomic E-state index is 12.3. The number of anilines is 3. The second-order valence-corrected chi connectivity index (χ2v) is 8.30. The van der Waals surface area contributed by atoms with Crippen molar-refractivity contribution in [3.8, 4) is 6.01 Å². The minimum atomic E-state index is -0.472. The van der Waals surface area contributed by atoms with Crippen LogP contribution in [0.2, 0.25) is 0 Å². The molecule has 1 aromatic heterocycles. The summed E-state index contributed by atoms with van der Waals surface area (Å²) in [6.45, 7) is 6.10. The van der Waals surface area contributed by atoms with Crippen LogP contribution in [-0.2, 0) is 17.9 Å². The number of fused-ring (bicyclic) bond motifs is 1. The lowest BCUT2D eigenvalue weighted by Crippen LogP contribution is -2.43. The Morgan fingerprint density at radius 2 is 2.00 bits per heavy atom. The largest absolute Gasteiger partial charge is 0.435 e. The third-order valence-electron chi connectivity index (χ3n) is 5.66. The van der Waals surface area contributed by atoms with Crippen LogP contribution in [-0.4, -0.2) is 41.7 Å². The highest BCUT2D eigenvalue weighted by molar-refractivity contribution is 6.02. The first kappa shape index (κ1) is 21.3. The van der Waals surface area contributed by atoms with Crippen molar-refractivity contribution < 1.29 is 14.5 Å². The lowest BCUT2D eigenvalue weighted by atomic mass is 10.1. The summed E-state index contributed by atoms with van der Waals surface area (Å²) < 4.78 is 5.71.